The Morgan fingerprint density at radius 3 is 2.36 bits per heavy atom. The fourth-order valence-corrected chi connectivity index (χ4v) is 2.70. The number of Topliss-reactive ketones (excluding diaryl/α,β-unsaturated/α-hetero) is 1. The highest BCUT2D eigenvalue weighted by atomic mass is 16.3. The van der Waals surface area contributed by atoms with Crippen molar-refractivity contribution < 1.29 is 14.7 Å². The zero-order valence-corrected chi connectivity index (χ0v) is 15.1. The minimum Gasteiger partial charge on any atom is -0.507 e. The van der Waals surface area contributed by atoms with Gasteiger partial charge in [0.1, 0.15) is 17.4 Å². The third-order valence-electron chi connectivity index (χ3n) is 4.19. The van der Waals surface area contributed by atoms with E-state index in [1.54, 1.807) is 54.6 Å². The van der Waals surface area contributed by atoms with E-state index in [1.165, 1.54) is 13.1 Å². The Labute approximate surface area is 161 Å². The van der Waals surface area contributed by atoms with Crippen molar-refractivity contribution in [2.45, 2.75) is 6.92 Å². The van der Waals surface area contributed by atoms with Crippen LogP contribution in [0.5, 0.6) is 5.75 Å². The predicted molar refractivity (Wildman–Crippen MR) is 108 cm³/mol. The van der Waals surface area contributed by atoms with Gasteiger partial charge in [-0.2, -0.15) is 5.26 Å². The summed E-state index contributed by atoms with van der Waals surface area (Å²) in [5.74, 6) is -0.494. The number of nitriles is 1. The molecule has 3 aromatic carbocycles. The van der Waals surface area contributed by atoms with Crippen LogP contribution < -0.4 is 10.6 Å². The SMILES string of the molecule is CC(=O)c1ccc(NC(=O)/C(C#N)=C\Nc2cccc3c(O)cccc23)cc1. The number of phenolic OH excluding ortho intramolecular Hbond substituents is 1. The third-order valence-corrected chi connectivity index (χ3v) is 4.19. The molecule has 0 radical (unpaired) electrons. The first-order chi connectivity index (χ1) is 13.5. The molecule has 0 aliphatic carbocycles. The summed E-state index contributed by atoms with van der Waals surface area (Å²) in [6.45, 7) is 1.46. The summed E-state index contributed by atoms with van der Waals surface area (Å²) >= 11 is 0. The Morgan fingerprint density at radius 1 is 1.00 bits per heavy atom. The van der Waals surface area contributed by atoms with Gasteiger partial charge in [0.2, 0.25) is 0 Å². The van der Waals surface area contributed by atoms with E-state index in [4.69, 9.17) is 0 Å². The smallest absolute Gasteiger partial charge is 0.267 e. The van der Waals surface area contributed by atoms with Gasteiger partial charge in [-0.1, -0.05) is 24.3 Å². The Morgan fingerprint density at radius 2 is 1.68 bits per heavy atom. The standard InChI is InChI=1S/C22H17N3O3/c1-14(26)15-8-10-17(11-9-15)25-22(28)16(12-23)13-24-20-6-2-5-19-18(20)4-3-7-21(19)27/h2-11,13,24,27H,1H3,(H,25,28)/b16-13-. The molecule has 0 saturated carbocycles. The Hall–Kier alpha value is -4.11. The van der Waals surface area contributed by atoms with Crippen LogP contribution in [0.3, 0.4) is 0 Å². The number of phenols is 1. The molecule has 1 amide bonds. The number of nitrogens with zero attached hydrogens (tertiary/aromatic N) is 1. The summed E-state index contributed by atoms with van der Waals surface area (Å²) in [5, 5.41) is 26.3. The van der Waals surface area contributed by atoms with E-state index in [0.29, 0.717) is 22.3 Å². The van der Waals surface area contributed by atoms with Crippen LogP contribution in [0.2, 0.25) is 0 Å². The highest BCUT2D eigenvalue weighted by molar-refractivity contribution is 6.07. The van der Waals surface area contributed by atoms with Crippen molar-refractivity contribution in [2.24, 2.45) is 0 Å². The van der Waals surface area contributed by atoms with Gasteiger partial charge in [0, 0.05) is 33.9 Å². The maximum Gasteiger partial charge on any atom is 0.267 e. The van der Waals surface area contributed by atoms with Crippen LogP contribution in [0.4, 0.5) is 11.4 Å². The molecule has 6 nitrogen and oxygen atoms in total. The van der Waals surface area contributed by atoms with E-state index < -0.39 is 5.91 Å². The number of carbonyl (C=O) groups excluding carboxylic acids is 2. The van der Waals surface area contributed by atoms with Crippen molar-refractivity contribution in [1.82, 2.24) is 0 Å². The zero-order chi connectivity index (χ0) is 20.1. The molecule has 0 spiro atoms. The number of nitrogens with one attached hydrogen (secondary N) is 2. The van der Waals surface area contributed by atoms with Crippen LogP contribution in [0.15, 0.2) is 72.4 Å². The number of fused-ring (bicyclic) bond motifs is 1. The normalized spacial score (nSPS) is 10.9. The first-order valence-corrected chi connectivity index (χ1v) is 8.49. The van der Waals surface area contributed by atoms with Crippen LogP contribution >= 0.6 is 0 Å². The highest BCUT2D eigenvalue weighted by Crippen LogP contribution is 2.29. The summed E-state index contributed by atoms with van der Waals surface area (Å²) in [4.78, 5) is 23.7. The second kappa shape index (κ2) is 8.06. The average Bonchev–Trinajstić information content (AvgIpc) is 2.69. The first-order valence-electron chi connectivity index (χ1n) is 8.49. The quantitative estimate of drug-likeness (QED) is 0.354. The second-order valence-corrected chi connectivity index (χ2v) is 6.08. The molecule has 28 heavy (non-hydrogen) atoms. The molecule has 0 aliphatic rings. The molecule has 3 aromatic rings. The Kier molecular flexibility index (Phi) is 5.38. The van der Waals surface area contributed by atoms with Gasteiger partial charge < -0.3 is 15.7 Å². The zero-order valence-electron chi connectivity index (χ0n) is 15.1. The molecule has 0 heterocycles. The minimum atomic E-state index is -0.575. The number of carbonyl (C=O) groups is 2. The molecule has 3 N–H and O–H groups in total. The number of ketones is 1. The van der Waals surface area contributed by atoms with Crippen LogP contribution in [0.25, 0.3) is 10.8 Å². The van der Waals surface area contributed by atoms with Gasteiger partial charge in [-0.15, -0.1) is 0 Å². The lowest BCUT2D eigenvalue weighted by molar-refractivity contribution is -0.112. The molecular formula is C22H17N3O3. The lowest BCUT2D eigenvalue weighted by Gasteiger charge is -2.09. The third kappa shape index (κ3) is 4.00. The second-order valence-electron chi connectivity index (χ2n) is 6.08. The maximum absolute atomic E-state index is 12.4. The van der Waals surface area contributed by atoms with Crippen LogP contribution in [-0.4, -0.2) is 16.8 Å². The number of anilines is 2. The molecule has 0 aromatic heterocycles. The summed E-state index contributed by atoms with van der Waals surface area (Å²) < 4.78 is 0. The number of hydrogen-bond donors (Lipinski definition) is 3. The average molecular weight is 371 g/mol. The molecule has 3 rings (SSSR count). The van der Waals surface area contributed by atoms with Gasteiger partial charge in [0.05, 0.1) is 0 Å². The van der Waals surface area contributed by atoms with Gasteiger partial charge >= 0.3 is 0 Å². The first kappa shape index (κ1) is 18.7. The lowest BCUT2D eigenvalue weighted by Crippen LogP contribution is -2.14. The summed E-state index contributed by atoms with van der Waals surface area (Å²) in [6.07, 6.45) is 1.32. The molecule has 0 unspecified atom stereocenters. The molecule has 0 aliphatic heterocycles. The van der Waals surface area contributed by atoms with E-state index in [-0.39, 0.29) is 17.1 Å². The van der Waals surface area contributed by atoms with Crippen molar-refractivity contribution >= 4 is 33.8 Å². The number of aromatic hydroxyl groups is 1. The van der Waals surface area contributed by atoms with Crippen LogP contribution in [0.1, 0.15) is 17.3 Å². The molecule has 6 heteroatoms. The van der Waals surface area contributed by atoms with E-state index in [1.807, 2.05) is 12.1 Å². The van der Waals surface area contributed by atoms with Gasteiger partial charge in [0.15, 0.2) is 5.78 Å². The van der Waals surface area contributed by atoms with Crippen LogP contribution in [-0.2, 0) is 4.79 Å². The van der Waals surface area contributed by atoms with Gasteiger partial charge in [-0.3, -0.25) is 9.59 Å². The molecule has 0 fully saturated rings. The van der Waals surface area contributed by atoms with Crippen molar-refractivity contribution in [2.75, 3.05) is 10.6 Å². The molecule has 0 saturated heterocycles. The summed E-state index contributed by atoms with van der Waals surface area (Å²) in [5.41, 5.74) is 1.55. The summed E-state index contributed by atoms with van der Waals surface area (Å²) in [6, 6.07) is 18.7. The molecule has 138 valence electrons. The molecule has 0 bridgehead atoms. The topological polar surface area (TPSA) is 102 Å². The number of rotatable bonds is 5. The highest BCUT2D eigenvalue weighted by Gasteiger charge is 2.10. The van der Waals surface area contributed by atoms with E-state index in [2.05, 4.69) is 10.6 Å². The van der Waals surface area contributed by atoms with E-state index in [9.17, 15) is 20.0 Å². The number of benzene rings is 3. The van der Waals surface area contributed by atoms with Gasteiger partial charge in [-0.25, -0.2) is 0 Å². The van der Waals surface area contributed by atoms with Crippen molar-refractivity contribution in [1.29, 1.82) is 5.26 Å². The molecule has 0 atom stereocenters. The lowest BCUT2D eigenvalue weighted by atomic mass is 10.1. The Bertz CT molecular complexity index is 1130. The van der Waals surface area contributed by atoms with Crippen molar-refractivity contribution in [3.63, 3.8) is 0 Å². The number of hydrogen-bond acceptors (Lipinski definition) is 5. The Balaban J connectivity index is 1.79. The summed E-state index contributed by atoms with van der Waals surface area (Å²) in [7, 11) is 0. The minimum absolute atomic E-state index is 0.0687. The van der Waals surface area contributed by atoms with Crippen molar-refractivity contribution in [3.05, 3.63) is 78.0 Å². The van der Waals surface area contributed by atoms with Crippen molar-refractivity contribution in [3.8, 4) is 11.8 Å². The predicted octanol–water partition coefficient (Wildman–Crippen LogP) is 4.21. The molecular weight excluding hydrogens is 354 g/mol. The van der Waals surface area contributed by atoms with Gasteiger partial charge in [-0.05, 0) is 43.3 Å². The fraction of sp³-hybridized carbons (Fsp3) is 0.0455. The van der Waals surface area contributed by atoms with E-state index in [0.717, 1.165) is 5.39 Å². The largest absolute Gasteiger partial charge is 0.507 e. The maximum atomic E-state index is 12.4. The van der Waals surface area contributed by atoms with Crippen LogP contribution in [0, 0.1) is 11.3 Å². The monoisotopic (exact) mass is 371 g/mol. The van der Waals surface area contributed by atoms with E-state index >= 15 is 0 Å². The fourth-order valence-electron chi connectivity index (χ4n) is 2.70. The van der Waals surface area contributed by atoms with Gasteiger partial charge in [0.25, 0.3) is 5.91 Å². The number of amides is 1.